The van der Waals surface area contributed by atoms with Crippen molar-refractivity contribution in [2.24, 2.45) is 0 Å². The maximum absolute atomic E-state index is 11.2. The zero-order valence-electron chi connectivity index (χ0n) is 11.3. The van der Waals surface area contributed by atoms with E-state index in [0.717, 1.165) is 16.3 Å². The Bertz CT molecular complexity index is 664. The largest absolute Gasteiger partial charge is 0.465 e. The summed E-state index contributed by atoms with van der Waals surface area (Å²) in [6.07, 6.45) is -0.554. The van der Waals surface area contributed by atoms with E-state index in [4.69, 9.17) is 0 Å². The molecule has 2 atom stereocenters. The highest BCUT2D eigenvalue weighted by atomic mass is 16.4. The van der Waals surface area contributed by atoms with Crippen LogP contribution in [0, 0.1) is 0 Å². The number of carboxylic acid groups (broad SMARTS) is 1. The van der Waals surface area contributed by atoms with Crippen LogP contribution in [0.4, 0.5) is 4.79 Å². The molecule has 4 heteroatoms. The van der Waals surface area contributed by atoms with Crippen LogP contribution in [-0.4, -0.2) is 33.8 Å². The van der Waals surface area contributed by atoms with Crippen LogP contribution in [0.25, 0.3) is 10.8 Å². The lowest BCUT2D eigenvalue weighted by atomic mass is 9.87. The Labute approximate surface area is 117 Å². The molecule has 1 heterocycles. The Hall–Kier alpha value is -2.07. The summed E-state index contributed by atoms with van der Waals surface area (Å²) in [5.41, 5.74) is -0.301. The number of benzene rings is 2. The van der Waals surface area contributed by atoms with Gasteiger partial charge in [-0.05, 0) is 23.3 Å². The van der Waals surface area contributed by atoms with Crippen LogP contribution in [0.2, 0.25) is 0 Å². The standard InChI is InChI=1S/C16H17NO3/c1-11-9-16(20,10-17(11)15(18)19)14-8-4-6-12-5-2-3-7-13(12)14/h2-8,11,20H,9-10H2,1H3,(H,18,19)/t11-,16?/m1/s1. The third kappa shape index (κ3) is 1.93. The number of rotatable bonds is 1. The Morgan fingerprint density at radius 1 is 1.25 bits per heavy atom. The van der Waals surface area contributed by atoms with Gasteiger partial charge in [0.25, 0.3) is 0 Å². The van der Waals surface area contributed by atoms with Crippen LogP contribution < -0.4 is 0 Å². The zero-order valence-corrected chi connectivity index (χ0v) is 11.3. The van der Waals surface area contributed by atoms with Crippen molar-refractivity contribution in [3.05, 3.63) is 48.0 Å². The van der Waals surface area contributed by atoms with Crippen molar-refractivity contribution in [3.63, 3.8) is 0 Å². The summed E-state index contributed by atoms with van der Waals surface area (Å²) in [5.74, 6) is 0. The SMILES string of the molecule is C[C@@H]1CC(O)(c2cccc3ccccc23)CN1C(=O)O. The monoisotopic (exact) mass is 271 g/mol. The van der Waals surface area contributed by atoms with E-state index in [1.165, 1.54) is 4.90 Å². The first kappa shape index (κ1) is 12.9. The van der Waals surface area contributed by atoms with Crippen molar-refractivity contribution in [1.82, 2.24) is 4.90 Å². The van der Waals surface area contributed by atoms with E-state index in [1.54, 1.807) is 0 Å². The molecule has 0 saturated carbocycles. The summed E-state index contributed by atoms with van der Waals surface area (Å²) >= 11 is 0. The average Bonchev–Trinajstić information content (AvgIpc) is 2.75. The molecule has 1 saturated heterocycles. The molecule has 3 rings (SSSR count). The van der Waals surface area contributed by atoms with E-state index < -0.39 is 11.7 Å². The predicted molar refractivity (Wildman–Crippen MR) is 76.7 cm³/mol. The van der Waals surface area contributed by atoms with Crippen molar-refractivity contribution in [2.45, 2.75) is 25.0 Å². The third-order valence-corrected chi connectivity index (χ3v) is 4.13. The Balaban J connectivity index is 2.09. The number of hydrogen-bond donors (Lipinski definition) is 2. The summed E-state index contributed by atoms with van der Waals surface area (Å²) in [6.45, 7) is 1.95. The summed E-state index contributed by atoms with van der Waals surface area (Å²) in [6, 6.07) is 13.5. The summed E-state index contributed by atoms with van der Waals surface area (Å²) < 4.78 is 0. The highest BCUT2D eigenvalue weighted by Gasteiger charge is 2.44. The summed E-state index contributed by atoms with van der Waals surface area (Å²) in [7, 11) is 0. The molecule has 1 unspecified atom stereocenters. The van der Waals surface area contributed by atoms with Crippen LogP contribution >= 0.6 is 0 Å². The predicted octanol–water partition coefficient (Wildman–Crippen LogP) is 2.80. The third-order valence-electron chi connectivity index (χ3n) is 4.13. The molecule has 4 nitrogen and oxygen atoms in total. The molecule has 0 aromatic heterocycles. The minimum absolute atomic E-state index is 0.123. The van der Waals surface area contributed by atoms with Gasteiger partial charge in [-0.1, -0.05) is 42.5 Å². The quantitative estimate of drug-likeness (QED) is 0.838. The van der Waals surface area contributed by atoms with Crippen molar-refractivity contribution >= 4 is 16.9 Å². The van der Waals surface area contributed by atoms with E-state index in [9.17, 15) is 15.0 Å². The van der Waals surface area contributed by atoms with Crippen LogP contribution in [-0.2, 0) is 5.60 Å². The molecule has 0 bridgehead atoms. The number of likely N-dealkylation sites (tertiary alicyclic amines) is 1. The van der Waals surface area contributed by atoms with Crippen molar-refractivity contribution in [3.8, 4) is 0 Å². The first-order chi connectivity index (χ1) is 9.51. The average molecular weight is 271 g/mol. The first-order valence-corrected chi connectivity index (χ1v) is 6.71. The van der Waals surface area contributed by atoms with Crippen LogP contribution in [0.3, 0.4) is 0 Å². The maximum atomic E-state index is 11.2. The second-order valence-corrected chi connectivity index (χ2v) is 5.52. The highest BCUT2D eigenvalue weighted by Crippen LogP contribution is 2.38. The fraction of sp³-hybridized carbons (Fsp3) is 0.312. The van der Waals surface area contributed by atoms with Crippen LogP contribution in [0.5, 0.6) is 0 Å². The van der Waals surface area contributed by atoms with Gasteiger partial charge in [0, 0.05) is 12.5 Å². The molecule has 20 heavy (non-hydrogen) atoms. The van der Waals surface area contributed by atoms with E-state index >= 15 is 0 Å². The lowest BCUT2D eigenvalue weighted by molar-refractivity contribution is 0.0472. The number of carbonyl (C=O) groups is 1. The molecule has 1 aliphatic rings. The number of β-amino-alcohol motifs (C(OH)–C–C–N with tert-alkyl or cyclic N) is 1. The van der Waals surface area contributed by atoms with Gasteiger partial charge in [0.1, 0.15) is 5.60 Å². The van der Waals surface area contributed by atoms with Crippen molar-refractivity contribution < 1.29 is 15.0 Å². The normalized spacial score (nSPS) is 26.1. The molecule has 0 spiro atoms. The van der Waals surface area contributed by atoms with Crippen LogP contribution in [0.1, 0.15) is 18.9 Å². The molecule has 2 aromatic carbocycles. The lowest BCUT2D eigenvalue weighted by Gasteiger charge is -2.24. The molecule has 0 aliphatic carbocycles. The first-order valence-electron chi connectivity index (χ1n) is 6.71. The van der Waals surface area contributed by atoms with Crippen molar-refractivity contribution in [1.29, 1.82) is 0 Å². The second-order valence-electron chi connectivity index (χ2n) is 5.52. The Morgan fingerprint density at radius 3 is 2.65 bits per heavy atom. The fourth-order valence-electron chi connectivity index (χ4n) is 3.18. The van der Waals surface area contributed by atoms with Gasteiger partial charge in [-0.25, -0.2) is 4.79 Å². The number of amides is 1. The van der Waals surface area contributed by atoms with E-state index in [1.807, 2.05) is 49.4 Å². The van der Waals surface area contributed by atoms with E-state index in [2.05, 4.69) is 0 Å². The number of aliphatic hydroxyl groups is 1. The molecule has 2 N–H and O–H groups in total. The highest BCUT2D eigenvalue weighted by molar-refractivity contribution is 5.86. The zero-order chi connectivity index (χ0) is 14.3. The van der Waals surface area contributed by atoms with Gasteiger partial charge in [0.15, 0.2) is 0 Å². The Kier molecular flexibility index (Phi) is 2.91. The molecule has 1 aliphatic heterocycles. The molecule has 104 valence electrons. The maximum Gasteiger partial charge on any atom is 0.407 e. The van der Waals surface area contributed by atoms with Gasteiger partial charge in [0.2, 0.25) is 0 Å². The molecular formula is C16H17NO3. The summed E-state index contributed by atoms with van der Waals surface area (Å²) in [5, 5.41) is 22.2. The fourth-order valence-corrected chi connectivity index (χ4v) is 3.18. The van der Waals surface area contributed by atoms with Gasteiger partial charge >= 0.3 is 6.09 Å². The van der Waals surface area contributed by atoms with Gasteiger partial charge in [-0.3, -0.25) is 0 Å². The molecule has 1 amide bonds. The number of hydrogen-bond acceptors (Lipinski definition) is 2. The lowest BCUT2D eigenvalue weighted by Crippen LogP contribution is -2.35. The molecular weight excluding hydrogens is 254 g/mol. The smallest absolute Gasteiger partial charge is 0.407 e. The van der Waals surface area contributed by atoms with E-state index in [-0.39, 0.29) is 12.6 Å². The minimum atomic E-state index is -1.11. The second kappa shape index (κ2) is 4.49. The van der Waals surface area contributed by atoms with Gasteiger partial charge in [-0.2, -0.15) is 0 Å². The van der Waals surface area contributed by atoms with Crippen molar-refractivity contribution in [2.75, 3.05) is 6.54 Å². The number of fused-ring (bicyclic) bond motifs is 1. The number of nitrogens with zero attached hydrogens (tertiary/aromatic N) is 1. The summed E-state index contributed by atoms with van der Waals surface area (Å²) in [4.78, 5) is 12.5. The van der Waals surface area contributed by atoms with E-state index in [0.29, 0.717) is 6.42 Å². The topological polar surface area (TPSA) is 60.8 Å². The molecule has 0 radical (unpaired) electrons. The molecule has 2 aromatic rings. The van der Waals surface area contributed by atoms with Crippen LogP contribution in [0.15, 0.2) is 42.5 Å². The van der Waals surface area contributed by atoms with Gasteiger partial charge in [0.05, 0.1) is 6.54 Å². The Morgan fingerprint density at radius 2 is 1.95 bits per heavy atom. The van der Waals surface area contributed by atoms with Gasteiger partial charge in [-0.15, -0.1) is 0 Å². The minimum Gasteiger partial charge on any atom is -0.465 e. The van der Waals surface area contributed by atoms with Gasteiger partial charge < -0.3 is 15.1 Å². The molecule has 1 fully saturated rings.